The van der Waals surface area contributed by atoms with Crippen LogP contribution in [0.15, 0.2) is 22.7 Å². The van der Waals surface area contributed by atoms with E-state index in [-0.39, 0.29) is 11.5 Å². The highest BCUT2D eigenvalue weighted by Gasteiger charge is 2.13. The highest BCUT2D eigenvalue weighted by Crippen LogP contribution is 2.18. The van der Waals surface area contributed by atoms with E-state index >= 15 is 0 Å². The van der Waals surface area contributed by atoms with Crippen molar-refractivity contribution >= 4 is 21.8 Å². The quantitative estimate of drug-likeness (QED) is 0.833. The number of nitrogens with one attached hydrogen (secondary N) is 1. The van der Waals surface area contributed by atoms with Gasteiger partial charge in [0.2, 0.25) is 0 Å². The van der Waals surface area contributed by atoms with Gasteiger partial charge in [-0.2, -0.15) is 0 Å². The summed E-state index contributed by atoms with van der Waals surface area (Å²) in [5.74, 6) is -0.882. The van der Waals surface area contributed by atoms with Crippen molar-refractivity contribution in [2.24, 2.45) is 0 Å². The van der Waals surface area contributed by atoms with Gasteiger partial charge in [-0.1, -0.05) is 19.9 Å². The van der Waals surface area contributed by atoms with Crippen molar-refractivity contribution in [3.8, 4) is 0 Å². The molecule has 0 saturated heterocycles. The standard InChI is InChI=1S/C14H20BrFN2O/c1-3-9-18(4-2)10-8-17-14(19)11-6-5-7-12(15)13(11)16/h5-7H,3-4,8-10H2,1-2H3,(H,17,19). The fourth-order valence-corrected chi connectivity index (χ4v) is 2.21. The van der Waals surface area contributed by atoms with E-state index in [1.54, 1.807) is 12.1 Å². The number of carbonyl (C=O) groups is 1. The molecule has 19 heavy (non-hydrogen) atoms. The van der Waals surface area contributed by atoms with Gasteiger partial charge in [0.05, 0.1) is 10.0 Å². The lowest BCUT2D eigenvalue weighted by Gasteiger charge is -2.19. The van der Waals surface area contributed by atoms with Crippen molar-refractivity contribution in [2.75, 3.05) is 26.2 Å². The molecule has 0 aliphatic heterocycles. The first-order valence-electron chi connectivity index (χ1n) is 6.54. The molecule has 0 bridgehead atoms. The van der Waals surface area contributed by atoms with E-state index in [9.17, 15) is 9.18 Å². The van der Waals surface area contributed by atoms with Crippen LogP contribution in [0.3, 0.4) is 0 Å². The Hall–Kier alpha value is -0.940. The van der Waals surface area contributed by atoms with Crippen molar-refractivity contribution < 1.29 is 9.18 Å². The summed E-state index contributed by atoms with van der Waals surface area (Å²) in [4.78, 5) is 14.1. The molecular formula is C14H20BrFN2O. The van der Waals surface area contributed by atoms with Gasteiger partial charge in [0.25, 0.3) is 5.91 Å². The van der Waals surface area contributed by atoms with Gasteiger partial charge < -0.3 is 10.2 Å². The Kier molecular flexibility index (Phi) is 7.02. The van der Waals surface area contributed by atoms with Crippen LogP contribution >= 0.6 is 15.9 Å². The smallest absolute Gasteiger partial charge is 0.254 e. The minimum Gasteiger partial charge on any atom is -0.351 e. The molecule has 0 aliphatic carbocycles. The molecule has 0 spiro atoms. The highest BCUT2D eigenvalue weighted by atomic mass is 79.9. The summed E-state index contributed by atoms with van der Waals surface area (Å²) in [7, 11) is 0. The molecule has 5 heteroatoms. The first-order valence-corrected chi connectivity index (χ1v) is 7.34. The molecule has 3 nitrogen and oxygen atoms in total. The zero-order valence-electron chi connectivity index (χ0n) is 11.4. The maximum absolute atomic E-state index is 13.7. The van der Waals surface area contributed by atoms with Crippen LogP contribution in [-0.4, -0.2) is 37.0 Å². The Morgan fingerprint density at radius 2 is 2.11 bits per heavy atom. The molecule has 1 aromatic carbocycles. The maximum atomic E-state index is 13.7. The summed E-state index contributed by atoms with van der Waals surface area (Å²) in [6.45, 7) is 7.49. The predicted octanol–water partition coefficient (Wildman–Crippen LogP) is 3.05. The lowest BCUT2D eigenvalue weighted by Crippen LogP contribution is -2.35. The summed E-state index contributed by atoms with van der Waals surface area (Å²) >= 11 is 3.07. The third-order valence-corrected chi connectivity index (χ3v) is 3.51. The molecule has 1 N–H and O–H groups in total. The number of rotatable bonds is 7. The van der Waals surface area contributed by atoms with Crippen molar-refractivity contribution in [1.82, 2.24) is 10.2 Å². The number of benzene rings is 1. The van der Waals surface area contributed by atoms with E-state index < -0.39 is 5.82 Å². The highest BCUT2D eigenvalue weighted by molar-refractivity contribution is 9.10. The number of carbonyl (C=O) groups excluding carboxylic acids is 1. The molecular weight excluding hydrogens is 311 g/mol. The Morgan fingerprint density at radius 3 is 2.74 bits per heavy atom. The molecule has 0 heterocycles. The van der Waals surface area contributed by atoms with E-state index in [2.05, 4.69) is 40.0 Å². The summed E-state index contributed by atoms with van der Waals surface area (Å²) in [5.41, 5.74) is 0.0768. The van der Waals surface area contributed by atoms with Gasteiger partial charge in [-0.3, -0.25) is 4.79 Å². The van der Waals surface area contributed by atoms with Gasteiger partial charge in [-0.25, -0.2) is 4.39 Å². The van der Waals surface area contributed by atoms with Crippen molar-refractivity contribution in [3.05, 3.63) is 34.1 Å². The Morgan fingerprint density at radius 1 is 1.37 bits per heavy atom. The number of hydrogen-bond acceptors (Lipinski definition) is 2. The van der Waals surface area contributed by atoms with E-state index in [1.165, 1.54) is 6.07 Å². The van der Waals surface area contributed by atoms with Gasteiger partial charge in [-0.05, 0) is 47.6 Å². The van der Waals surface area contributed by atoms with E-state index in [0.717, 1.165) is 26.1 Å². The Labute approximate surface area is 122 Å². The summed E-state index contributed by atoms with van der Waals surface area (Å²) in [5, 5.41) is 2.75. The number of nitrogens with zero attached hydrogens (tertiary/aromatic N) is 1. The molecule has 0 aromatic heterocycles. The summed E-state index contributed by atoms with van der Waals surface area (Å²) < 4.78 is 14.0. The van der Waals surface area contributed by atoms with E-state index in [1.807, 2.05) is 0 Å². The molecule has 106 valence electrons. The number of likely N-dealkylation sites (N-methyl/N-ethyl adjacent to an activating group) is 1. The van der Waals surface area contributed by atoms with Crippen LogP contribution in [0, 0.1) is 5.82 Å². The van der Waals surface area contributed by atoms with Crippen LogP contribution in [0.25, 0.3) is 0 Å². The predicted molar refractivity (Wildman–Crippen MR) is 78.8 cm³/mol. The second kappa shape index (κ2) is 8.27. The first-order chi connectivity index (χ1) is 9.10. The van der Waals surface area contributed by atoms with Crippen molar-refractivity contribution in [2.45, 2.75) is 20.3 Å². The zero-order chi connectivity index (χ0) is 14.3. The fraction of sp³-hybridized carbons (Fsp3) is 0.500. The fourth-order valence-electron chi connectivity index (χ4n) is 1.85. The minimum absolute atomic E-state index is 0.0768. The molecule has 0 saturated carbocycles. The van der Waals surface area contributed by atoms with Crippen LogP contribution in [0.1, 0.15) is 30.6 Å². The first kappa shape index (κ1) is 16.1. The number of halogens is 2. The van der Waals surface area contributed by atoms with E-state index in [4.69, 9.17) is 0 Å². The zero-order valence-corrected chi connectivity index (χ0v) is 13.0. The molecule has 1 amide bonds. The largest absolute Gasteiger partial charge is 0.351 e. The summed E-state index contributed by atoms with van der Waals surface area (Å²) in [6, 6.07) is 4.71. The number of hydrogen-bond donors (Lipinski definition) is 1. The SMILES string of the molecule is CCCN(CC)CCNC(=O)c1cccc(Br)c1F. The molecule has 0 fully saturated rings. The molecule has 0 unspecified atom stereocenters. The maximum Gasteiger partial charge on any atom is 0.254 e. The minimum atomic E-state index is -0.513. The molecule has 1 aromatic rings. The molecule has 0 atom stereocenters. The average Bonchev–Trinajstić information content (AvgIpc) is 2.40. The van der Waals surface area contributed by atoms with Gasteiger partial charge >= 0.3 is 0 Å². The topological polar surface area (TPSA) is 32.3 Å². The van der Waals surface area contributed by atoms with Crippen LogP contribution in [0.4, 0.5) is 4.39 Å². The van der Waals surface area contributed by atoms with Gasteiger partial charge in [-0.15, -0.1) is 0 Å². The van der Waals surface area contributed by atoms with E-state index in [0.29, 0.717) is 11.0 Å². The van der Waals surface area contributed by atoms with Crippen LogP contribution in [0.5, 0.6) is 0 Å². The van der Waals surface area contributed by atoms with Gasteiger partial charge in [0.15, 0.2) is 0 Å². The number of amides is 1. The van der Waals surface area contributed by atoms with Crippen LogP contribution in [-0.2, 0) is 0 Å². The van der Waals surface area contributed by atoms with Crippen LogP contribution in [0.2, 0.25) is 0 Å². The lowest BCUT2D eigenvalue weighted by molar-refractivity contribution is 0.0944. The molecule has 0 radical (unpaired) electrons. The van der Waals surface area contributed by atoms with Crippen molar-refractivity contribution in [1.29, 1.82) is 0 Å². The second-order valence-electron chi connectivity index (χ2n) is 4.29. The van der Waals surface area contributed by atoms with Crippen molar-refractivity contribution in [3.63, 3.8) is 0 Å². The van der Waals surface area contributed by atoms with Crippen LogP contribution < -0.4 is 5.32 Å². The van der Waals surface area contributed by atoms with Gasteiger partial charge in [0.1, 0.15) is 5.82 Å². The normalized spacial score (nSPS) is 10.8. The van der Waals surface area contributed by atoms with Gasteiger partial charge in [0, 0.05) is 13.1 Å². The Bertz CT molecular complexity index is 426. The second-order valence-corrected chi connectivity index (χ2v) is 5.15. The third-order valence-electron chi connectivity index (χ3n) is 2.90. The average molecular weight is 331 g/mol. The Balaban J connectivity index is 2.49. The monoisotopic (exact) mass is 330 g/mol. The summed E-state index contributed by atoms with van der Waals surface area (Å²) in [6.07, 6.45) is 1.09. The third kappa shape index (κ3) is 4.91. The molecule has 0 aliphatic rings. The molecule has 1 rings (SSSR count). The lowest BCUT2D eigenvalue weighted by atomic mass is 10.2.